The van der Waals surface area contributed by atoms with E-state index in [1.165, 1.54) is 6.07 Å². The van der Waals surface area contributed by atoms with E-state index in [-0.39, 0.29) is 12.3 Å². The molecule has 2 aromatic rings. The fourth-order valence-corrected chi connectivity index (χ4v) is 1.99. The molecule has 0 bridgehead atoms. The van der Waals surface area contributed by atoms with E-state index in [9.17, 15) is 23.7 Å². The maximum atomic E-state index is 11.2. The third-order valence-corrected chi connectivity index (χ3v) is 2.98. The van der Waals surface area contributed by atoms with Crippen LogP contribution in [0.3, 0.4) is 0 Å². The molecule has 0 N–H and O–H groups in total. The minimum absolute atomic E-state index is 0.0484. The summed E-state index contributed by atoms with van der Waals surface area (Å²) in [5.41, 5.74) is 0.259. The van der Waals surface area contributed by atoms with Gasteiger partial charge in [0.2, 0.25) is 5.52 Å². The van der Waals surface area contributed by atoms with E-state index in [0.717, 1.165) is 12.5 Å². The fourth-order valence-electron chi connectivity index (χ4n) is 1.56. The van der Waals surface area contributed by atoms with Crippen molar-refractivity contribution in [3.05, 3.63) is 51.9 Å². The van der Waals surface area contributed by atoms with Gasteiger partial charge in [0.15, 0.2) is 6.20 Å². The number of pyridine rings is 1. The summed E-state index contributed by atoms with van der Waals surface area (Å²) in [6.07, 6.45) is 2.16. The number of benzene rings is 1. The first kappa shape index (κ1) is 16.8. The Morgan fingerprint density at radius 2 is 1.90 bits per heavy atom. The van der Waals surface area contributed by atoms with E-state index in [1.54, 1.807) is 31.2 Å². The molecule has 1 heterocycles. The van der Waals surface area contributed by atoms with Gasteiger partial charge in [-0.05, 0) is 13.0 Å². The summed E-state index contributed by atoms with van der Waals surface area (Å²) in [6, 6.07) is 7.64. The van der Waals surface area contributed by atoms with Crippen molar-refractivity contribution >= 4 is 26.7 Å². The molecule has 0 amide bonds. The van der Waals surface area contributed by atoms with Crippen molar-refractivity contribution in [1.82, 2.24) is 0 Å². The second-order valence-corrected chi connectivity index (χ2v) is 5.56. The average Bonchev–Trinajstić information content (AvgIpc) is 2.38. The van der Waals surface area contributed by atoms with Gasteiger partial charge in [0.25, 0.3) is 15.8 Å². The number of nitro groups is 1. The van der Waals surface area contributed by atoms with Gasteiger partial charge in [0.05, 0.1) is 23.9 Å². The molecule has 21 heavy (non-hydrogen) atoms. The predicted octanol–water partition coefficient (Wildman–Crippen LogP) is 1.36. The van der Waals surface area contributed by atoms with Gasteiger partial charge in [-0.3, -0.25) is 14.3 Å². The van der Waals surface area contributed by atoms with Gasteiger partial charge in [-0.15, -0.1) is 0 Å². The van der Waals surface area contributed by atoms with Crippen LogP contribution < -0.4 is 4.73 Å². The zero-order chi connectivity index (χ0) is 16.0. The molecule has 0 fully saturated rings. The van der Waals surface area contributed by atoms with Gasteiger partial charge in [0, 0.05) is 6.07 Å². The average molecular weight is 314 g/mol. The lowest BCUT2D eigenvalue weighted by molar-refractivity contribution is -0.577. The number of hydrogen-bond donors (Lipinski definition) is 0. The summed E-state index contributed by atoms with van der Waals surface area (Å²) in [5.74, 6) is 0. The van der Waals surface area contributed by atoms with Crippen molar-refractivity contribution in [2.45, 2.75) is 6.92 Å². The molecule has 0 unspecified atom stereocenters. The van der Waals surface area contributed by atoms with Crippen molar-refractivity contribution in [2.75, 3.05) is 12.9 Å². The van der Waals surface area contributed by atoms with Crippen LogP contribution in [0.4, 0.5) is 5.69 Å². The molecule has 0 aliphatic heterocycles. The highest BCUT2D eigenvalue weighted by Gasteiger charge is 2.15. The lowest BCUT2D eigenvalue weighted by Gasteiger charge is -2.00. The van der Waals surface area contributed by atoms with Gasteiger partial charge >= 0.3 is 0 Å². The monoisotopic (exact) mass is 314 g/mol. The molecule has 0 saturated heterocycles. The van der Waals surface area contributed by atoms with E-state index in [0.29, 0.717) is 15.6 Å². The summed E-state index contributed by atoms with van der Waals surface area (Å²) < 4.78 is 24.8. The topological polar surface area (TPSA) is 113 Å². The lowest BCUT2D eigenvalue weighted by atomic mass is 10.2. The molecule has 0 aliphatic carbocycles. The van der Waals surface area contributed by atoms with Crippen molar-refractivity contribution in [3.8, 4) is 0 Å². The Bertz CT molecular complexity index is 744. The fraction of sp³-hybridized carbons (Fsp3) is 0.250. The van der Waals surface area contributed by atoms with Gasteiger partial charge in [-0.25, -0.2) is 0 Å². The normalized spacial score (nSPS) is 10.8. The minimum atomic E-state index is -3.17. The summed E-state index contributed by atoms with van der Waals surface area (Å²) in [6.45, 7) is 1.85. The molecule has 8 nitrogen and oxygen atoms in total. The summed E-state index contributed by atoms with van der Waals surface area (Å²) in [5, 5.41) is 22.2. The summed E-state index contributed by atoms with van der Waals surface area (Å²) in [4.78, 5) is 10.1. The molecule has 0 spiro atoms. The number of hydrogen-bond acceptors (Lipinski definition) is 6. The molecule has 1 aromatic heterocycles. The quantitative estimate of drug-likeness (QED) is 0.278. The molecule has 1 aromatic carbocycles. The van der Waals surface area contributed by atoms with E-state index in [1.807, 2.05) is 0 Å². The number of nitrogens with zero attached hydrogens (tertiary/aromatic N) is 2. The molecule has 0 aliphatic rings. The molecule has 114 valence electrons. The van der Waals surface area contributed by atoms with Crippen LogP contribution in [-0.4, -0.2) is 26.2 Å². The van der Waals surface area contributed by atoms with Gasteiger partial charge in [0.1, 0.15) is 5.39 Å². The zero-order valence-electron chi connectivity index (χ0n) is 11.4. The van der Waals surface area contributed by atoms with Crippen LogP contribution in [0.2, 0.25) is 0 Å². The molecular formula is C12H14N2O6S. The SMILES string of the molecule is CCOS(C)(=O)=O.O=[N+]([O-])c1cc[n+]([O-])c2ccccc12. The van der Waals surface area contributed by atoms with E-state index >= 15 is 0 Å². The Labute approximate surface area is 121 Å². The van der Waals surface area contributed by atoms with Crippen molar-refractivity contribution in [3.63, 3.8) is 0 Å². The molecule has 0 atom stereocenters. The molecule has 9 heteroatoms. The third kappa shape index (κ3) is 4.97. The number of aromatic nitrogens is 1. The Balaban J connectivity index is 0.000000270. The van der Waals surface area contributed by atoms with Crippen molar-refractivity contribution in [1.29, 1.82) is 0 Å². The number of para-hydroxylation sites is 1. The highest BCUT2D eigenvalue weighted by atomic mass is 32.2. The maximum absolute atomic E-state index is 11.2. The first-order valence-corrected chi connectivity index (χ1v) is 7.67. The summed E-state index contributed by atoms with van der Waals surface area (Å²) >= 11 is 0. The first-order chi connectivity index (χ1) is 9.76. The molecule has 0 radical (unpaired) electrons. The standard InChI is InChI=1S/C9H6N2O3.C3H8O3S/c12-10-6-5-9(11(13)14)7-3-1-2-4-8(7)10;1-3-6-7(2,4)5/h1-6H;3H2,1-2H3. The van der Waals surface area contributed by atoms with Gasteiger partial charge < -0.3 is 5.21 Å². The Morgan fingerprint density at radius 1 is 1.29 bits per heavy atom. The Morgan fingerprint density at radius 3 is 2.38 bits per heavy atom. The van der Waals surface area contributed by atoms with Crippen LogP contribution in [0.25, 0.3) is 10.9 Å². The molecule has 0 saturated carbocycles. The highest BCUT2D eigenvalue weighted by molar-refractivity contribution is 7.85. The van der Waals surface area contributed by atoms with Crippen LogP contribution in [0.1, 0.15) is 6.92 Å². The van der Waals surface area contributed by atoms with Crippen LogP contribution in [0.5, 0.6) is 0 Å². The predicted molar refractivity (Wildman–Crippen MR) is 76.0 cm³/mol. The Kier molecular flexibility index (Phi) is 5.56. The van der Waals surface area contributed by atoms with E-state index in [4.69, 9.17) is 0 Å². The van der Waals surface area contributed by atoms with Crippen LogP contribution in [0, 0.1) is 15.3 Å². The van der Waals surface area contributed by atoms with Gasteiger partial charge in [-0.2, -0.15) is 13.1 Å². The van der Waals surface area contributed by atoms with Crippen LogP contribution in [0.15, 0.2) is 36.5 Å². The van der Waals surface area contributed by atoms with E-state index in [2.05, 4.69) is 4.18 Å². The largest absolute Gasteiger partial charge is 0.618 e. The lowest BCUT2D eigenvalue weighted by Crippen LogP contribution is -2.26. The number of rotatable bonds is 3. The van der Waals surface area contributed by atoms with Crippen LogP contribution >= 0.6 is 0 Å². The van der Waals surface area contributed by atoms with Gasteiger partial charge in [-0.1, -0.05) is 12.1 Å². The first-order valence-electron chi connectivity index (χ1n) is 5.86. The van der Waals surface area contributed by atoms with E-state index < -0.39 is 15.0 Å². The van der Waals surface area contributed by atoms with Crippen molar-refractivity contribution in [2.24, 2.45) is 0 Å². The second kappa shape index (κ2) is 6.95. The zero-order valence-corrected chi connectivity index (χ0v) is 12.2. The second-order valence-electron chi connectivity index (χ2n) is 3.91. The molecule has 2 rings (SSSR count). The van der Waals surface area contributed by atoms with Crippen LogP contribution in [-0.2, 0) is 14.3 Å². The highest BCUT2D eigenvalue weighted by Crippen LogP contribution is 2.21. The molecular weight excluding hydrogens is 300 g/mol. The van der Waals surface area contributed by atoms with Crippen molar-refractivity contribution < 1.29 is 22.3 Å². The summed E-state index contributed by atoms with van der Waals surface area (Å²) in [7, 11) is -3.17. The third-order valence-electron chi connectivity index (χ3n) is 2.31. The maximum Gasteiger partial charge on any atom is 0.289 e. The smallest absolute Gasteiger partial charge is 0.289 e. The minimum Gasteiger partial charge on any atom is -0.618 e. The number of fused-ring (bicyclic) bond motifs is 1. The Hall–Kier alpha value is -2.26.